The normalized spacial score (nSPS) is 12.8. The van der Waals surface area contributed by atoms with E-state index in [4.69, 9.17) is 15.5 Å². The number of hydrogen-bond acceptors (Lipinski definition) is 6. The van der Waals surface area contributed by atoms with E-state index in [0.29, 0.717) is 0 Å². The number of nitrogens with two attached hydrogens (primary N) is 1. The van der Waals surface area contributed by atoms with Gasteiger partial charge in [0.2, 0.25) is 10.0 Å². The number of nitrogens with zero attached hydrogens (tertiary/aromatic N) is 1. The molecule has 0 aliphatic carbocycles. The molecule has 1 unspecified atom stereocenters. The van der Waals surface area contributed by atoms with Gasteiger partial charge in [0, 0.05) is 11.9 Å². The molecule has 23 heavy (non-hydrogen) atoms. The van der Waals surface area contributed by atoms with Crippen LogP contribution in [-0.2, 0) is 19.6 Å². The molecule has 1 aromatic rings. The smallest absolute Gasteiger partial charge is 0.325 e. The van der Waals surface area contributed by atoms with Gasteiger partial charge in [-0.05, 0) is 31.2 Å². The first-order valence-electron chi connectivity index (χ1n) is 6.18. The number of nitrogens with one attached hydrogen (secondary N) is 2. The Balaban J connectivity index is 2.83. The molecule has 1 aromatic carbocycles. The number of carbonyl (C=O) groups excluding carboxylic acids is 1. The van der Waals surface area contributed by atoms with Gasteiger partial charge in [0.1, 0.15) is 17.7 Å². The highest BCUT2D eigenvalue weighted by molar-refractivity contribution is 7.89. The minimum atomic E-state index is -3.84. The minimum Gasteiger partial charge on any atom is -0.480 e. The maximum Gasteiger partial charge on any atom is 0.325 e. The van der Waals surface area contributed by atoms with Gasteiger partial charge < -0.3 is 15.7 Å². The van der Waals surface area contributed by atoms with E-state index in [2.05, 4.69) is 10.6 Å². The van der Waals surface area contributed by atoms with Gasteiger partial charge in [-0.25, -0.2) is 13.6 Å². The van der Waals surface area contributed by atoms with Crippen LogP contribution in [0.3, 0.4) is 0 Å². The number of carboxylic acid groups (broad SMARTS) is 1. The highest BCUT2D eigenvalue weighted by Gasteiger charge is 2.13. The van der Waals surface area contributed by atoms with Crippen molar-refractivity contribution < 1.29 is 23.1 Å². The predicted octanol–water partition coefficient (Wildman–Crippen LogP) is -0.257. The quantitative estimate of drug-likeness (QED) is 0.410. The van der Waals surface area contributed by atoms with Crippen LogP contribution < -0.4 is 15.8 Å². The maximum atomic E-state index is 11.9. The molecular formula is C13H14N4O5S. The Morgan fingerprint density at radius 1 is 1.35 bits per heavy atom. The molecule has 0 aromatic heterocycles. The lowest BCUT2D eigenvalue weighted by Gasteiger charge is -2.08. The number of benzene rings is 1. The van der Waals surface area contributed by atoms with Gasteiger partial charge in [-0.15, -0.1) is 0 Å². The summed E-state index contributed by atoms with van der Waals surface area (Å²) in [7, 11) is -3.84. The molecule has 0 radical (unpaired) electrons. The van der Waals surface area contributed by atoms with Crippen molar-refractivity contribution in [2.75, 3.05) is 5.32 Å². The number of amides is 1. The van der Waals surface area contributed by atoms with Gasteiger partial charge in [0.05, 0.1) is 4.90 Å². The Morgan fingerprint density at radius 2 is 1.91 bits per heavy atom. The number of primary sulfonamides is 1. The highest BCUT2D eigenvalue weighted by atomic mass is 32.2. The summed E-state index contributed by atoms with van der Waals surface area (Å²) in [5.74, 6) is -1.92. The lowest BCUT2D eigenvalue weighted by molar-refractivity contribution is -0.138. The van der Waals surface area contributed by atoms with Crippen LogP contribution in [-0.4, -0.2) is 31.4 Å². The molecule has 0 saturated carbocycles. The van der Waals surface area contributed by atoms with Gasteiger partial charge in [0.25, 0.3) is 5.91 Å². The number of nitriles is 1. The van der Waals surface area contributed by atoms with E-state index in [1.54, 1.807) is 6.07 Å². The second kappa shape index (κ2) is 7.39. The molecule has 122 valence electrons. The number of anilines is 1. The molecule has 0 bridgehead atoms. The van der Waals surface area contributed by atoms with E-state index in [9.17, 15) is 18.0 Å². The van der Waals surface area contributed by atoms with Crippen molar-refractivity contribution in [3.05, 3.63) is 36.0 Å². The van der Waals surface area contributed by atoms with Crippen molar-refractivity contribution >= 4 is 27.6 Å². The molecule has 0 aliphatic rings. The van der Waals surface area contributed by atoms with Crippen molar-refractivity contribution in [3.8, 4) is 6.07 Å². The highest BCUT2D eigenvalue weighted by Crippen LogP contribution is 2.13. The summed E-state index contributed by atoms with van der Waals surface area (Å²) >= 11 is 0. The summed E-state index contributed by atoms with van der Waals surface area (Å²) < 4.78 is 22.2. The third kappa shape index (κ3) is 5.42. The molecule has 1 rings (SSSR count). The second-order valence-electron chi connectivity index (χ2n) is 4.42. The number of aliphatic carboxylic acids is 1. The SMILES string of the molecule is CC(N/C=C(/C#N)C(=O)Nc1ccc(S(N)(=O)=O)cc1)C(=O)O. The van der Waals surface area contributed by atoms with Gasteiger partial charge in [-0.1, -0.05) is 0 Å². The number of carboxylic acids is 1. The van der Waals surface area contributed by atoms with Crippen molar-refractivity contribution in [1.29, 1.82) is 5.26 Å². The molecule has 0 spiro atoms. The molecular weight excluding hydrogens is 324 g/mol. The third-order valence-corrected chi connectivity index (χ3v) is 3.58. The number of carbonyl (C=O) groups is 2. The summed E-state index contributed by atoms with van der Waals surface area (Å²) in [6.07, 6.45) is 0.993. The van der Waals surface area contributed by atoms with Crippen LogP contribution in [0.4, 0.5) is 5.69 Å². The lowest BCUT2D eigenvalue weighted by atomic mass is 10.2. The van der Waals surface area contributed by atoms with Crippen molar-refractivity contribution in [3.63, 3.8) is 0 Å². The standard InChI is InChI=1S/C13H14N4O5S/c1-8(13(19)20)16-7-9(6-14)12(18)17-10-2-4-11(5-3-10)23(15,21)22/h2-5,7-8,16H,1H3,(H,17,18)(H,19,20)(H2,15,21,22)/b9-7-. The zero-order chi connectivity index (χ0) is 17.6. The van der Waals surface area contributed by atoms with Crippen LogP contribution in [0.2, 0.25) is 0 Å². The predicted molar refractivity (Wildman–Crippen MR) is 80.4 cm³/mol. The Morgan fingerprint density at radius 3 is 2.35 bits per heavy atom. The third-order valence-electron chi connectivity index (χ3n) is 2.65. The monoisotopic (exact) mass is 338 g/mol. The molecule has 10 heteroatoms. The van der Waals surface area contributed by atoms with Crippen LogP contribution >= 0.6 is 0 Å². The van der Waals surface area contributed by atoms with Gasteiger partial charge >= 0.3 is 5.97 Å². The van der Waals surface area contributed by atoms with E-state index < -0.39 is 27.9 Å². The van der Waals surface area contributed by atoms with E-state index in [0.717, 1.165) is 6.20 Å². The fraction of sp³-hybridized carbons (Fsp3) is 0.154. The first kappa shape index (κ1) is 18.1. The Bertz CT molecular complexity index is 778. The average molecular weight is 338 g/mol. The zero-order valence-electron chi connectivity index (χ0n) is 12.0. The van der Waals surface area contributed by atoms with E-state index >= 15 is 0 Å². The van der Waals surface area contributed by atoms with Crippen LogP contribution in [0.15, 0.2) is 40.9 Å². The molecule has 0 fully saturated rings. The van der Waals surface area contributed by atoms with Gasteiger partial charge in [-0.3, -0.25) is 9.59 Å². The fourth-order valence-electron chi connectivity index (χ4n) is 1.35. The van der Waals surface area contributed by atoms with Crippen LogP contribution in [0.25, 0.3) is 0 Å². The molecule has 0 heterocycles. The van der Waals surface area contributed by atoms with E-state index in [1.165, 1.54) is 31.2 Å². The number of hydrogen-bond donors (Lipinski definition) is 4. The average Bonchev–Trinajstić information content (AvgIpc) is 2.47. The summed E-state index contributed by atoms with van der Waals surface area (Å²) in [6.45, 7) is 1.34. The van der Waals surface area contributed by atoms with Gasteiger partial charge in [0.15, 0.2) is 0 Å². The topological polar surface area (TPSA) is 162 Å². The zero-order valence-corrected chi connectivity index (χ0v) is 12.8. The fourth-order valence-corrected chi connectivity index (χ4v) is 1.87. The molecule has 0 aliphatic heterocycles. The Hall–Kier alpha value is -2.90. The number of sulfonamides is 1. The van der Waals surface area contributed by atoms with Crippen molar-refractivity contribution in [2.24, 2.45) is 5.14 Å². The van der Waals surface area contributed by atoms with E-state index in [-0.39, 0.29) is 16.2 Å². The first-order valence-corrected chi connectivity index (χ1v) is 7.73. The summed E-state index contributed by atoms with van der Waals surface area (Å²) in [5.41, 5.74) is -0.0940. The first-order chi connectivity index (χ1) is 10.6. The molecule has 1 amide bonds. The molecule has 0 saturated heterocycles. The summed E-state index contributed by atoms with van der Waals surface area (Å²) in [4.78, 5) is 22.4. The maximum absolute atomic E-state index is 11.9. The largest absolute Gasteiger partial charge is 0.480 e. The van der Waals surface area contributed by atoms with Crippen molar-refractivity contribution in [2.45, 2.75) is 17.9 Å². The van der Waals surface area contributed by atoms with Crippen LogP contribution in [0, 0.1) is 11.3 Å². The van der Waals surface area contributed by atoms with Crippen LogP contribution in [0.5, 0.6) is 0 Å². The summed E-state index contributed by atoms with van der Waals surface area (Å²) in [6, 6.07) is 5.67. The molecule has 1 atom stereocenters. The Kier molecular flexibility index (Phi) is 5.83. The second-order valence-corrected chi connectivity index (χ2v) is 5.98. The molecule has 9 nitrogen and oxygen atoms in total. The molecule has 5 N–H and O–H groups in total. The van der Waals surface area contributed by atoms with Crippen LogP contribution in [0.1, 0.15) is 6.92 Å². The number of rotatable bonds is 6. The Labute approximate surface area is 132 Å². The van der Waals surface area contributed by atoms with E-state index in [1.807, 2.05) is 0 Å². The van der Waals surface area contributed by atoms with Gasteiger partial charge in [-0.2, -0.15) is 5.26 Å². The van der Waals surface area contributed by atoms with Crippen molar-refractivity contribution in [1.82, 2.24) is 5.32 Å². The lowest BCUT2D eigenvalue weighted by Crippen LogP contribution is -2.30. The minimum absolute atomic E-state index is 0.122. The summed E-state index contributed by atoms with van der Waals surface area (Å²) in [5, 5.41) is 27.3.